The Labute approximate surface area is 97.7 Å². The van der Waals surface area contributed by atoms with Crippen LogP contribution in [0.25, 0.3) is 5.76 Å². The number of rotatable bonds is 5. The molecule has 0 aromatic carbocycles. The molecule has 0 saturated heterocycles. The Kier molecular flexibility index (Phi) is 4.25. The SMILES string of the molecule is C=COC(=CC)c1ccc(S(=O)(=O)NO)s1. The van der Waals surface area contributed by atoms with Crippen LogP contribution in [0, 0.1) is 0 Å². The minimum Gasteiger partial charge on any atom is -0.464 e. The molecule has 7 heteroatoms. The maximum absolute atomic E-state index is 11.3. The fourth-order valence-corrected chi connectivity index (χ4v) is 2.91. The zero-order valence-corrected chi connectivity index (χ0v) is 10.1. The van der Waals surface area contributed by atoms with E-state index in [2.05, 4.69) is 6.58 Å². The molecule has 0 atom stereocenters. The van der Waals surface area contributed by atoms with Gasteiger partial charge in [0.1, 0.15) is 9.97 Å². The molecule has 0 aliphatic carbocycles. The second kappa shape index (κ2) is 5.26. The highest BCUT2D eigenvalue weighted by molar-refractivity contribution is 7.91. The number of hydrogen-bond acceptors (Lipinski definition) is 5. The third-order valence-electron chi connectivity index (χ3n) is 1.68. The van der Waals surface area contributed by atoms with Crippen molar-refractivity contribution in [2.24, 2.45) is 0 Å². The molecule has 0 aliphatic heterocycles. The quantitative estimate of drug-likeness (QED) is 0.627. The van der Waals surface area contributed by atoms with Gasteiger partial charge in [0.25, 0.3) is 10.0 Å². The van der Waals surface area contributed by atoms with Crippen LogP contribution in [-0.4, -0.2) is 13.6 Å². The molecule has 5 nitrogen and oxygen atoms in total. The van der Waals surface area contributed by atoms with Crippen molar-refractivity contribution in [3.8, 4) is 0 Å². The molecule has 0 bridgehead atoms. The van der Waals surface area contributed by atoms with Crippen molar-refractivity contribution in [1.82, 2.24) is 4.89 Å². The maximum Gasteiger partial charge on any atom is 0.271 e. The predicted octanol–water partition coefficient (Wildman–Crippen LogP) is 1.94. The molecule has 1 aromatic rings. The van der Waals surface area contributed by atoms with Gasteiger partial charge in [-0.1, -0.05) is 11.5 Å². The first-order valence-electron chi connectivity index (χ1n) is 4.25. The van der Waals surface area contributed by atoms with Gasteiger partial charge < -0.3 is 9.94 Å². The Morgan fingerprint density at radius 2 is 2.31 bits per heavy atom. The van der Waals surface area contributed by atoms with Gasteiger partial charge in [0.05, 0.1) is 11.1 Å². The molecular formula is C9H11NO4S2. The molecule has 0 unspecified atom stereocenters. The summed E-state index contributed by atoms with van der Waals surface area (Å²) in [4.78, 5) is 1.90. The van der Waals surface area contributed by atoms with Crippen LogP contribution in [0.2, 0.25) is 0 Å². The fraction of sp³-hybridized carbons (Fsp3) is 0.111. The summed E-state index contributed by atoms with van der Waals surface area (Å²) in [5.41, 5.74) is 0. The van der Waals surface area contributed by atoms with Gasteiger partial charge in [-0.05, 0) is 25.1 Å². The second-order valence-corrected chi connectivity index (χ2v) is 5.62. The first-order chi connectivity index (χ1) is 7.55. The Balaban J connectivity index is 3.08. The molecule has 1 aromatic heterocycles. The molecule has 0 fully saturated rings. The number of hydrogen-bond donors (Lipinski definition) is 2. The van der Waals surface area contributed by atoms with E-state index in [1.165, 1.54) is 17.2 Å². The lowest BCUT2D eigenvalue weighted by Gasteiger charge is -2.01. The first kappa shape index (κ1) is 12.9. The van der Waals surface area contributed by atoms with Crippen LogP contribution in [0.4, 0.5) is 0 Å². The molecule has 0 amide bonds. The molecule has 0 spiro atoms. The van der Waals surface area contributed by atoms with Gasteiger partial charge in [0.15, 0.2) is 0 Å². The topological polar surface area (TPSA) is 75.6 Å². The number of thiophene rings is 1. The molecule has 0 aliphatic rings. The summed E-state index contributed by atoms with van der Waals surface area (Å²) < 4.78 is 27.6. The van der Waals surface area contributed by atoms with Gasteiger partial charge in [-0.15, -0.1) is 11.3 Å². The van der Waals surface area contributed by atoms with Crippen LogP contribution < -0.4 is 4.89 Å². The summed E-state index contributed by atoms with van der Waals surface area (Å²) in [5.74, 6) is 0.513. The summed E-state index contributed by atoms with van der Waals surface area (Å²) in [7, 11) is -3.82. The Bertz CT molecular complexity index is 501. The van der Waals surface area contributed by atoms with Crippen molar-refractivity contribution in [1.29, 1.82) is 0 Å². The van der Waals surface area contributed by atoms with E-state index in [1.807, 2.05) is 0 Å². The predicted molar refractivity (Wildman–Crippen MR) is 61.4 cm³/mol. The largest absolute Gasteiger partial charge is 0.464 e. The fourth-order valence-electron chi connectivity index (χ4n) is 1.00. The van der Waals surface area contributed by atoms with Gasteiger partial charge in [0.2, 0.25) is 0 Å². The molecule has 0 radical (unpaired) electrons. The highest BCUT2D eigenvalue weighted by Gasteiger charge is 2.16. The van der Waals surface area contributed by atoms with E-state index in [-0.39, 0.29) is 4.21 Å². The number of nitrogens with one attached hydrogen (secondary N) is 1. The highest BCUT2D eigenvalue weighted by Crippen LogP contribution is 2.27. The number of sulfonamides is 1. The molecule has 2 N–H and O–H groups in total. The molecule has 0 saturated carbocycles. The van der Waals surface area contributed by atoms with Gasteiger partial charge in [-0.25, -0.2) is 8.42 Å². The lowest BCUT2D eigenvalue weighted by Crippen LogP contribution is -2.17. The normalized spacial score (nSPS) is 12.5. The number of ether oxygens (including phenoxy) is 1. The monoisotopic (exact) mass is 261 g/mol. The van der Waals surface area contributed by atoms with Crippen LogP contribution in [0.1, 0.15) is 11.8 Å². The van der Waals surface area contributed by atoms with Crippen molar-refractivity contribution in [3.05, 3.63) is 35.9 Å². The van der Waals surface area contributed by atoms with Crippen molar-refractivity contribution < 1.29 is 18.4 Å². The minimum absolute atomic E-state index is 0.0111. The second-order valence-electron chi connectivity index (χ2n) is 2.65. The minimum atomic E-state index is -3.82. The van der Waals surface area contributed by atoms with Crippen LogP contribution in [0.5, 0.6) is 0 Å². The zero-order chi connectivity index (χ0) is 12.2. The van der Waals surface area contributed by atoms with Crippen molar-refractivity contribution in [2.75, 3.05) is 0 Å². The summed E-state index contributed by atoms with van der Waals surface area (Å²) in [6, 6.07) is 2.97. The maximum atomic E-state index is 11.3. The van der Waals surface area contributed by atoms with Gasteiger partial charge in [-0.3, -0.25) is 0 Å². The molecular weight excluding hydrogens is 250 g/mol. The van der Waals surface area contributed by atoms with E-state index < -0.39 is 10.0 Å². The standard InChI is InChI=1S/C9H11NO4S2/c1-3-7(14-4-2)8-5-6-9(15-8)16(12,13)10-11/h3-6,10-11H,2H2,1H3. The zero-order valence-electron chi connectivity index (χ0n) is 8.50. The smallest absolute Gasteiger partial charge is 0.271 e. The van der Waals surface area contributed by atoms with Crippen LogP contribution in [0.3, 0.4) is 0 Å². The Morgan fingerprint density at radius 1 is 1.62 bits per heavy atom. The molecule has 88 valence electrons. The van der Waals surface area contributed by atoms with Gasteiger partial charge in [-0.2, -0.15) is 0 Å². The van der Waals surface area contributed by atoms with Crippen molar-refractivity contribution in [3.63, 3.8) is 0 Å². The van der Waals surface area contributed by atoms with E-state index in [9.17, 15) is 8.42 Å². The summed E-state index contributed by atoms with van der Waals surface area (Å²) in [5, 5.41) is 8.46. The molecule has 16 heavy (non-hydrogen) atoms. The lowest BCUT2D eigenvalue weighted by atomic mass is 10.4. The molecule has 1 rings (SSSR count). The third kappa shape index (κ3) is 2.70. The summed E-state index contributed by atoms with van der Waals surface area (Å²) in [6.07, 6.45) is 2.95. The van der Waals surface area contributed by atoms with E-state index in [0.29, 0.717) is 10.6 Å². The van der Waals surface area contributed by atoms with Crippen LogP contribution in [0.15, 0.2) is 35.3 Å². The number of allylic oxidation sites excluding steroid dienone is 1. The average Bonchev–Trinajstić information content (AvgIpc) is 2.75. The lowest BCUT2D eigenvalue weighted by molar-refractivity contribution is 0.243. The van der Waals surface area contributed by atoms with E-state index in [4.69, 9.17) is 9.94 Å². The first-order valence-corrected chi connectivity index (χ1v) is 6.55. The van der Waals surface area contributed by atoms with E-state index in [1.54, 1.807) is 19.1 Å². The van der Waals surface area contributed by atoms with Gasteiger partial charge >= 0.3 is 0 Å². The highest BCUT2D eigenvalue weighted by atomic mass is 32.2. The average molecular weight is 261 g/mol. The molecule has 1 heterocycles. The Morgan fingerprint density at radius 3 is 2.81 bits per heavy atom. The summed E-state index contributed by atoms with van der Waals surface area (Å²) in [6.45, 7) is 5.18. The van der Waals surface area contributed by atoms with Crippen molar-refractivity contribution >= 4 is 27.1 Å². The van der Waals surface area contributed by atoms with E-state index in [0.717, 1.165) is 11.3 Å². The third-order valence-corrected chi connectivity index (χ3v) is 4.39. The van der Waals surface area contributed by atoms with Crippen LogP contribution in [-0.2, 0) is 14.8 Å². The van der Waals surface area contributed by atoms with Gasteiger partial charge in [0, 0.05) is 0 Å². The summed E-state index contributed by atoms with van der Waals surface area (Å²) >= 11 is 0.986. The van der Waals surface area contributed by atoms with Crippen molar-refractivity contribution in [2.45, 2.75) is 11.1 Å². The van der Waals surface area contributed by atoms with E-state index >= 15 is 0 Å². The Hall–Kier alpha value is -1.15. The van der Waals surface area contributed by atoms with Crippen LogP contribution >= 0.6 is 11.3 Å².